The molecule has 0 heterocycles. The van der Waals surface area contributed by atoms with Gasteiger partial charge in [-0.2, -0.15) is 0 Å². The van der Waals surface area contributed by atoms with Crippen LogP contribution in [0.25, 0.3) is 5.57 Å². The van der Waals surface area contributed by atoms with E-state index in [0.29, 0.717) is 5.92 Å². The second-order valence-corrected chi connectivity index (χ2v) is 8.07. The van der Waals surface area contributed by atoms with Crippen LogP contribution in [0.5, 0.6) is 5.75 Å². The molecule has 3 nitrogen and oxygen atoms in total. The Hall–Kier alpha value is -3.33. The van der Waals surface area contributed by atoms with Crippen LogP contribution in [0.3, 0.4) is 0 Å². The van der Waals surface area contributed by atoms with Crippen molar-refractivity contribution in [1.29, 1.82) is 0 Å². The van der Waals surface area contributed by atoms with Crippen LogP contribution in [0.2, 0.25) is 0 Å². The van der Waals surface area contributed by atoms with Crippen molar-refractivity contribution in [2.75, 3.05) is 7.11 Å². The van der Waals surface area contributed by atoms with Gasteiger partial charge in [0.25, 0.3) is 0 Å². The highest BCUT2D eigenvalue weighted by atomic mass is 16.5. The second-order valence-electron chi connectivity index (χ2n) is 8.07. The van der Waals surface area contributed by atoms with Crippen LogP contribution in [-0.4, -0.2) is 13.0 Å². The van der Waals surface area contributed by atoms with E-state index in [0.717, 1.165) is 40.9 Å². The summed E-state index contributed by atoms with van der Waals surface area (Å²) in [4.78, 5) is 13.3. The van der Waals surface area contributed by atoms with Crippen LogP contribution >= 0.6 is 0 Å². The summed E-state index contributed by atoms with van der Waals surface area (Å²) in [5.74, 6) is 1.19. The van der Waals surface area contributed by atoms with Crippen LogP contribution < -0.4 is 10.1 Å². The van der Waals surface area contributed by atoms with Crippen molar-refractivity contribution in [3.63, 3.8) is 0 Å². The molecule has 0 saturated heterocycles. The van der Waals surface area contributed by atoms with Crippen molar-refractivity contribution >= 4 is 11.5 Å². The van der Waals surface area contributed by atoms with Crippen LogP contribution in [-0.2, 0) is 4.79 Å². The molecule has 3 heteroatoms. The minimum atomic E-state index is -0.226. The molecule has 1 amide bonds. The summed E-state index contributed by atoms with van der Waals surface area (Å²) < 4.78 is 5.30. The number of methoxy groups -OCH3 is 1. The van der Waals surface area contributed by atoms with E-state index in [1.165, 1.54) is 12.8 Å². The van der Waals surface area contributed by atoms with E-state index in [1.807, 2.05) is 78.9 Å². The average Bonchev–Trinajstić information content (AvgIpc) is 3.37. The first kappa shape index (κ1) is 20.9. The Bertz CT molecular complexity index is 1000. The molecular formula is C28H29NO2. The summed E-state index contributed by atoms with van der Waals surface area (Å²) in [5.41, 5.74) is 4.37. The Morgan fingerprint density at radius 1 is 0.871 bits per heavy atom. The van der Waals surface area contributed by atoms with E-state index in [1.54, 1.807) is 7.11 Å². The maximum absolute atomic E-state index is 13.3. The highest BCUT2D eigenvalue weighted by Crippen LogP contribution is 2.36. The molecule has 1 fully saturated rings. The lowest BCUT2D eigenvalue weighted by Gasteiger charge is -2.21. The Morgan fingerprint density at radius 2 is 1.45 bits per heavy atom. The van der Waals surface area contributed by atoms with E-state index >= 15 is 0 Å². The first-order valence-corrected chi connectivity index (χ1v) is 11.0. The molecule has 158 valence electrons. The van der Waals surface area contributed by atoms with Crippen LogP contribution in [0.15, 0.2) is 91.0 Å². The molecule has 0 aromatic heterocycles. The van der Waals surface area contributed by atoms with Gasteiger partial charge in [0.15, 0.2) is 0 Å². The molecule has 1 saturated carbocycles. The number of hydrogen-bond donors (Lipinski definition) is 1. The van der Waals surface area contributed by atoms with Crippen LogP contribution in [0, 0.1) is 5.92 Å². The van der Waals surface area contributed by atoms with Crippen LogP contribution in [0.1, 0.15) is 48.4 Å². The largest absolute Gasteiger partial charge is 0.497 e. The predicted molar refractivity (Wildman–Crippen MR) is 126 cm³/mol. The highest BCUT2D eigenvalue weighted by Gasteiger charge is 2.22. The molecule has 31 heavy (non-hydrogen) atoms. The summed E-state index contributed by atoms with van der Waals surface area (Å²) >= 11 is 0. The van der Waals surface area contributed by atoms with Crippen molar-refractivity contribution in [1.82, 2.24) is 5.32 Å². The van der Waals surface area contributed by atoms with Gasteiger partial charge >= 0.3 is 0 Å². The fraction of sp³-hybridized carbons (Fsp3) is 0.250. The third-order valence-electron chi connectivity index (χ3n) is 6.06. The number of allylic oxidation sites excluding steroid dienone is 1. The van der Waals surface area contributed by atoms with Gasteiger partial charge in [0, 0.05) is 6.08 Å². The number of rotatable bonds is 7. The molecule has 1 N–H and O–H groups in total. The molecule has 0 spiro atoms. The summed E-state index contributed by atoms with van der Waals surface area (Å²) in [6.45, 7) is 0. The summed E-state index contributed by atoms with van der Waals surface area (Å²) in [6, 6.07) is 28.1. The predicted octanol–water partition coefficient (Wildman–Crippen LogP) is 6.17. The van der Waals surface area contributed by atoms with Gasteiger partial charge in [-0.05, 0) is 53.2 Å². The smallest absolute Gasteiger partial charge is 0.245 e. The fourth-order valence-corrected chi connectivity index (χ4v) is 4.43. The first-order valence-electron chi connectivity index (χ1n) is 11.0. The molecule has 1 aliphatic carbocycles. The van der Waals surface area contributed by atoms with Crippen molar-refractivity contribution in [2.45, 2.75) is 31.7 Å². The zero-order chi connectivity index (χ0) is 21.5. The highest BCUT2D eigenvalue weighted by molar-refractivity contribution is 5.96. The molecule has 4 rings (SSSR count). The van der Waals surface area contributed by atoms with E-state index in [2.05, 4.69) is 17.4 Å². The normalized spacial score (nSPS) is 15.5. The number of amides is 1. The topological polar surface area (TPSA) is 38.3 Å². The van der Waals surface area contributed by atoms with Gasteiger partial charge in [-0.25, -0.2) is 0 Å². The van der Waals surface area contributed by atoms with Crippen molar-refractivity contribution in [3.05, 3.63) is 108 Å². The standard InChI is InChI=1S/C28H29NO2/c1-31-25-18-16-24(17-19-25)28(23-14-6-3-7-15-23)29-27(30)20-26(22-12-8-9-13-22)21-10-4-2-5-11-21/h2-7,10-11,14-20,22,28H,8-9,12-13H2,1H3,(H,29,30)/b26-20-/t28-/m0/s1. The SMILES string of the molecule is COc1ccc([C@@H](NC(=O)/C=C(/c2ccccc2)C2CCCC2)c2ccccc2)cc1. The lowest BCUT2D eigenvalue weighted by molar-refractivity contribution is -0.116. The summed E-state index contributed by atoms with van der Waals surface area (Å²) in [7, 11) is 1.66. The van der Waals surface area contributed by atoms with Crippen LogP contribution in [0.4, 0.5) is 0 Å². The third kappa shape index (κ3) is 5.24. The van der Waals surface area contributed by atoms with E-state index in [4.69, 9.17) is 4.74 Å². The molecule has 0 bridgehead atoms. The van der Waals surface area contributed by atoms with E-state index in [-0.39, 0.29) is 11.9 Å². The fourth-order valence-electron chi connectivity index (χ4n) is 4.43. The maximum Gasteiger partial charge on any atom is 0.245 e. The Labute approximate surface area is 184 Å². The Kier molecular flexibility index (Phi) is 6.83. The molecule has 1 atom stereocenters. The minimum absolute atomic E-state index is 0.0598. The Morgan fingerprint density at radius 3 is 2.06 bits per heavy atom. The number of ether oxygens (including phenoxy) is 1. The summed E-state index contributed by atoms with van der Waals surface area (Å²) in [5, 5.41) is 3.25. The average molecular weight is 412 g/mol. The van der Waals surface area contributed by atoms with Gasteiger partial charge in [-0.1, -0.05) is 85.6 Å². The van der Waals surface area contributed by atoms with Gasteiger partial charge in [-0.15, -0.1) is 0 Å². The van der Waals surface area contributed by atoms with Gasteiger partial charge in [0.2, 0.25) is 5.91 Å². The molecule has 3 aromatic carbocycles. The number of carbonyl (C=O) groups excluding carboxylic acids is 1. The third-order valence-corrected chi connectivity index (χ3v) is 6.06. The quantitative estimate of drug-likeness (QED) is 0.472. The van der Waals surface area contributed by atoms with Crippen molar-refractivity contribution in [2.24, 2.45) is 5.92 Å². The van der Waals surface area contributed by atoms with Crippen molar-refractivity contribution in [3.8, 4) is 5.75 Å². The summed E-state index contributed by atoms with van der Waals surface area (Å²) in [6.07, 6.45) is 6.58. The lowest BCUT2D eigenvalue weighted by Crippen LogP contribution is -2.28. The zero-order valence-electron chi connectivity index (χ0n) is 18.0. The number of benzene rings is 3. The molecule has 0 aliphatic heterocycles. The van der Waals surface area contributed by atoms with Gasteiger partial charge in [0.1, 0.15) is 5.75 Å². The number of nitrogens with one attached hydrogen (secondary N) is 1. The molecule has 3 aromatic rings. The van der Waals surface area contributed by atoms with E-state index in [9.17, 15) is 4.79 Å². The lowest BCUT2D eigenvalue weighted by atomic mass is 9.90. The van der Waals surface area contributed by atoms with E-state index < -0.39 is 0 Å². The van der Waals surface area contributed by atoms with Gasteiger partial charge in [0.05, 0.1) is 13.2 Å². The Balaban J connectivity index is 1.64. The maximum atomic E-state index is 13.3. The molecule has 0 unspecified atom stereocenters. The van der Waals surface area contributed by atoms with Crippen molar-refractivity contribution < 1.29 is 9.53 Å². The minimum Gasteiger partial charge on any atom is -0.497 e. The van der Waals surface area contributed by atoms with Gasteiger partial charge < -0.3 is 10.1 Å². The number of carbonyl (C=O) groups is 1. The molecule has 1 aliphatic rings. The zero-order valence-corrected chi connectivity index (χ0v) is 18.0. The second kappa shape index (κ2) is 10.1. The van der Waals surface area contributed by atoms with Gasteiger partial charge in [-0.3, -0.25) is 4.79 Å². The molecular weight excluding hydrogens is 382 g/mol. The number of hydrogen-bond acceptors (Lipinski definition) is 2. The first-order chi connectivity index (χ1) is 15.2. The monoisotopic (exact) mass is 411 g/mol. The molecule has 0 radical (unpaired) electrons.